The van der Waals surface area contributed by atoms with E-state index in [1.165, 1.54) is 327 Å². The van der Waals surface area contributed by atoms with Crippen LogP contribution in [-0.2, 0) is 19.1 Å². The van der Waals surface area contributed by atoms with E-state index in [0.717, 1.165) is 64.2 Å². The van der Waals surface area contributed by atoms with E-state index in [2.05, 4.69) is 74.6 Å². The van der Waals surface area contributed by atoms with Gasteiger partial charge >= 0.3 is 11.9 Å². The lowest BCUT2D eigenvalue weighted by Crippen LogP contribution is -2.28. The van der Waals surface area contributed by atoms with E-state index in [1.54, 1.807) is 0 Å². The highest BCUT2D eigenvalue weighted by Crippen LogP contribution is 2.20. The van der Waals surface area contributed by atoms with Crippen molar-refractivity contribution in [1.29, 1.82) is 0 Å². The first-order chi connectivity index (χ1) is 42.1. The highest BCUT2D eigenvalue weighted by atomic mass is 16.6. The molecular weight excluding hydrogens is 1040 g/mol. The first-order valence-corrected chi connectivity index (χ1v) is 38.3. The van der Waals surface area contributed by atoms with Crippen molar-refractivity contribution in [1.82, 2.24) is 0 Å². The van der Waals surface area contributed by atoms with Crippen LogP contribution in [0.15, 0.2) is 60.8 Å². The SMILES string of the molecule is CC/C=C\C/C=C\C/C=C\C/C=C\C/C=C\CCCCCCCCCCCCCCCCCCCCCCCCCCCC(=O)OC(CO)COC(=O)CCCCCCCCCCCCCCCCCCCCCCCCCCCCCCCC. The lowest BCUT2D eigenvalue weighted by molar-refractivity contribution is -0.161. The molecule has 0 aliphatic carbocycles. The minimum atomic E-state index is -0.770. The zero-order valence-electron chi connectivity index (χ0n) is 57.4. The van der Waals surface area contributed by atoms with Gasteiger partial charge in [0.2, 0.25) is 0 Å². The smallest absolute Gasteiger partial charge is 0.306 e. The molecule has 0 amide bonds. The van der Waals surface area contributed by atoms with Crippen molar-refractivity contribution >= 4 is 11.9 Å². The maximum atomic E-state index is 12.4. The standard InChI is InChI=1S/C80H148O5/c1-3-5-7-9-11-13-15-17-19-21-23-25-27-29-31-33-35-36-37-38-39-40-41-42-43-44-45-47-49-51-53-55-57-59-61-63-65-67-69-71-73-75-80(83)85-78(76-81)77-84-79(82)74-72-70-68-66-64-62-60-58-56-54-52-50-48-46-34-32-30-28-26-24-22-20-18-16-14-12-10-8-6-4-2/h5,7,11,13,17,19,23,25,29,31,78,81H,3-4,6,8-10,12,14-16,18,20-22,24,26-28,30,32-77H2,1-2H3/b7-5-,13-11-,19-17-,25-23-,31-29-. The van der Waals surface area contributed by atoms with Crippen LogP contribution in [0.3, 0.4) is 0 Å². The molecule has 5 nitrogen and oxygen atoms in total. The summed E-state index contributed by atoms with van der Waals surface area (Å²) in [5, 5.41) is 9.72. The number of carbonyl (C=O) groups excluding carboxylic acids is 2. The van der Waals surface area contributed by atoms with Gasteiger partial charge in [0.15, 0.2) is 6.10 Å². The number of esters is 2. The molecule has 1 N–H and O–H groups in total. The third-order valence-corrected chi connectivity index (χ3v) is 17.6. The van der Waals surface area contributed by atoms with Crippen molar-refractivity contribution in [2.24, 2.45) is 0 Å². The van der Waals surface area contributed by atoms with Gasteiger partial charge in [-0.05, 0) is 57.8 Å². The fraction of sp³-hybridized carbons (Fsp3) is 0.850. The molecule has 0 aliphatic heterocycles. The zero-order valence-corrected chi connectivity index (χ0v) is 57.4. The Hall–Kier alpha value is -2.40. The van der Waals surface area contributed by atoms with Gasteiger partial charge in [0.05, 0.1) is 6.61 Å². The number of hydrogen-bond acceptors (Lipinski definition) is 5. The van der Waals surface area contributed by atoms with Crippen LogP contribution in [-0.4, -0.2) is 36.4 Å². The van der Waals surface area contributed by atoms with Crippen LogP contribution in [0.2, 0.25) is 0 Å². The molecular formula is C80H148O5. The second kappa shape index (κ2) is 75.8. The quantitative estimate of drug-likeness (QED) is 0.0373. The van der Waals surface area contributed by atoms with E-state index in [9.17, 15) is 14.7 Å². The van der Waals surface area contributed by atoms with E-state index < -0.39 is 6.10 Å². The fourth-order valence-corrected chi connectivity index (χ4v) is 11.9. The van der Waals surface area contributed by atoms with Crippen molar-refractivity contribution < 1.29 is 24.2 Å². The van der Waals surface area contributed by atoms with Crippen LogP contribution in [0.4, 0.5) is 0 Å². The Kier molecular flexibility index (Phi) is 73.7. The molecule has 85 heavy (non-hydrogen) atoms. The molecule has 0 bridgehead atoms. The van der Waals surface area contributed by atoms with Gasteiger partial charge in [0.25, 0.3) is 0 Å². The molecule has 0 saturated heterocycles. The summed E-state index contributed by atoms with van der Waals surface area (Å²) >= 11 is 0. The Bertz CT molecular complexity index is 1440. The largest absolute Gasteiger partial charge is 0.462 e. The van der Waals surface area contributed by atoms with Gasteiger partial charge in [0.1, 0.15) is 6.61 Å². The third kappa shape index (κ3) is 74.0. The molecule has 498 valence electrons. The summed E-state index contributed by atoms with van der Waals surface area (Å²) in [6, 6.07) is 0. The normalized spacial score (nSPS) is 12.5. The number of ether oxygens (including phenoxy) is 2. The number of allylic oxidation sites excluding steroid dienone is 10. The maximum absolute atomic E-state index is 12.4. The summed E-state index contributed by atoms with van der Waals surface area (Å²) in [4.78, 5) is 24.7. The minimum absolute atomic E-state index is 0.0586. The van der Waals surface area contributed by atoms with Crippen LogP contribution >= 0.6 is 0 Å². The molecule has 0 saturated carbocycles. The van der Waals surface area contributed by atoms with Crippen molar-refractivity contribution in [3.05, 3.63) is 60.8 Å². The third-order valence-electron chi connectivity index (χ3n) is 17.6. The molecule has 0 aliphatic rings. The molecule has 0 radical (unpaired) electrons. The van der Waals surface area contributed by atoms with Gasteiger partial charge < -0.3 is 14.6 Å². The summed E-state index contributed by atoms with van der Waals surface area (Å²) < 4.78 is 10.8. The fourth-order valence-electron chi connectivity index (χ4n) is 11.9. The van der Waals surface area contributed by atoms with Crippen LogP contribution in [0, 0.1) is 0 Å². The number of carbonyl (C=O) groups is 2. The summed E-state index contributed by atoms with van der Waals surface area (Å²) in [5.74, 6) is -0.563. The van der Waals surface area contributed by atoms with E-state index in [1.807, 2.05) is 0 Å². The predicted molar refractivity (Wildman–Crippen MR) is 376 cm³/mol. The second-order valence-electron chi connectivity index (χ2n) is 26.1. The first kappa shape index (κ1) is 82.6. The zero-order chi connectivity index (χ0) is 61.2. The predicted octanol–water partition coefficient (Wildman–Crippen LogP) is 26.8. The lowest BCUT2D eigenvalue weighted by atomic mass is 10.0. The topological polar surface area (TPSA) is 72.8 Å². The number of aliphatic hydroxyl groups excluding tert-OH is 1. The number of hydrogen-bond donors (Lipinski definition) is 1. The Labute approximate surface area is 531 Å². The molecule has 5 heteroatoms. The van der Waals surface area contributed by atoms with Gasteiger partial charge in [-0.2, -0.15) is 0 Å². The molecule has 0 aromatic rings. The average Bonchev–Trinajstić information content (AvgIpc) is 3.52. The Morgan fingerprint density at radius 2 is 0.506 bits per heavy atom. The van der Waals surface area contributed by atoms with Crippen LogP contribution in [0.5, 0.6) is 0 Å². The van der Waals surface area contributed by atoms with Crippen molar-refractivity contribution in [2.45, 2.75) is 424 Å². The van der Waals surface area contributed by atoms with Gasteiger partial charge in [-0.1, -0.05) is 408 Å². The first-order valence-electron chi connectivity index (χ1n) is 38.3. The molecule has 0 aromatic carbocycles. The van der Waals surface area contributed by atoms with Crippen LogP contribution in [0.25, 0.3) is 0 Å². The van der Waals surface area contributed by atoms with Gasteiger partial charge in [-0.15, -0.1) is 0 Å². The molecule has 1 unspecified atom stereocenters. The minimum Gasteiger partial charge on any atom is -0.462 e. The molecule has 0 aromatic heterocycles. The lowest BCUT2D eigenvalue weighted by Gasteiger charge is -2.15. The summed E-state index contributed by atoms with van der Waals surface area (Å²) in [7, 11) is 0. The highest BCUT2D eigenvalue weighted by molar-refractivity contribution is 5.70. The summed E-state index contributed by atoms with van der Waals surface area (Å²) in [6.45, 7) is 4.09. The number of aliphatic hydroxyl groups is 1. The highest BCUT2D eigenvalue weighted by Gasteiger charge is 2.16. The van der Waals surface area contributed by atoms with Crippen molar-refractivity contribution in [2.75, 3.05) is 13.2 Å². The van der Waals surface area contributed by atoms with E-state index in [4.69, 9.17) is 9.47 Å². The maximum Gasteiger partial charge on any atom is 0.306 e. The molecule has 0 fully saturated rings. The second-order valence-corrected chi connectivity index (χ2v) is 26.1. The molecule has 0 heterocycles. The van der Waals surface area contributed by atoms with Gasteiger partial charge in [-0.25, -0.2) is 0 Å². The number of rotatable bonds is 72. The van der Waals surface area contributed by atoms with E-state index >= 15 is 0 Å². The van der Waals surface area contributed by atoms with Crippen LogP contribution < -0.4 is 0 Å². The van der Waals surface area contributed by atoms with Gasteiger partial charge in [-0.3, -0.25) is 9.59 Å². The van der Waals surface area contributed by atoms with E-state index in [-0.39, 0.29) is 25.2 Å². The Morgan fingerprint density at radius 1 is 0.282 bits per heavy atom. The Balaban J connectivity index is 3.37. The van der Waals surface area contributed by atoms with Crippen LogP contribution in [0.1, 0.15) is 418 Å². The van der Waals surface area contributed by atoms with Gasteiger partial charge in [0, 0.05) is 12.8 Å². The van der Waals surface area contributed by atoms with Crippen molar-refractivity contribution in [3.63, 3.8) is 0 Å². The molecule has 0 rings (SSSR count). The number of unbranched alkanes of at least 4 members (excludes halogenated alkanes) is 54. The summed E-state index contributed by atoms with van der Waals surface area (Å²) in [5.41, 5.74) is 0. The Morgan fingerprint density at radius 3 is 0.765 bits per heavy atom. The average molecular weight is 1190 g/mol. The molecule has 1 atom stereocenters. The molecule has 0 spiro atoms. The van der Waals surface area contributed by atoms with Crippen molar-refractivity contribution in [3.8, 4) is 0 Å². The van der Waals surface area contributed by atoms with E-state index in [0.29, 0.717) is 12.8 Å². The summed E-state index contributed by atoms with van der Waals surface area (Å²) in [6.07, 6.45) is 104. The monoisotopic (exact) mass is 1190 g/mol.